The van der Waals surface area contributed by atoms with E-state index in [-0.39, 0.29) is 18.1 Å². The van der Waals surface area contributed by atoms with Crippen molar-refractivity contribution in [2.75, 3.05) is 13.2 Å². The average Bonchev–Trinajstić information content (AvgIpc) is 3.21. The van der Waals surface area contributed by atoms with E-state index in [1.165, 1.54) is 23.1 Å². The minimum Gasteiger partial charge on any atom is -0.504 e. The number of hydrogen-bond acceptors (Lipinski definition) is 7. The molecule has 28 heavy (non-hydrogen) atoms. The van der Waals surface area contributed by atoms with Crippen molar-refractivity contribution < 1.29 is 19.7 Å². The van der Waals surface area contributed by atoms with Crippen LogP contribution in [0.25, 0.3) is 0 Å². The lowest BCUT2D eigenvalue weighted by Gasteiger charge is -2.18. The van der Waals surface area contributed by atoms with Crippen molar-refractivity contribution in [2.45, 2.75) is 12.5 Å². The number of rotatable bonds is 7. The second kappa shape index (κ2) is 9.05. The monoisotopic (exact) mass is 403 g/mol. The van der Waals surface area contributed by atoms with Gasteiger partial charge in [0.1, 0.15) is 19.0 Å². The molecule has 0 aliphatic heterocycles. The molecule has 0 saturated carbocycles. The molecular formula is C18H18ClN5O4. The summed E-state index contributed by atoms with van der Waals surface area (Å²) in [6, 6.07) is 11.2. The molecular weight excluding hydrogens is 386 g/mol. The summed E-state index contributed by atoms with van der Waals surface area (Å²) in [6.45, 7) is 0.283. The summed E-state index contributed by atoms with van der Waals surface area (Å²) in [6.07, 6.45) is 1.28. The number of carbonyl (C=O) groups excluding carboxylic acids is 1. The number of carbonyl (C=O) groups is 1. The largest absolute Gasteiger partial charge is 0.504 e. The zero-order valence-corrected chi connectivity index (χ0v) is 15.5. The van der Waals surface area contributed by atoms with Crippen LogP contribution in [0, 0.1) is 0 Å². The minimum absolute atomic E-state index is 0.0133. The van der Waals surface area contributed by atoms with Crippen LogP contribution in [0.2, 0.25) is 5.02 Å². The summed E-state index contributed by atoms with van der Waals surface area (Å²) in [5.41, 5.74) is 1.49. The first-order chi connectivity index (χ1) is 13.5. The number of tetrazole rings is 1. The molecule has 0 fully saturated rings. The van der Waals surface area contributed by atoms with Crippen molar-refractivity contribution >= 4 is 17.7 Å². The Labute approximate surface area is 165 Å². The number of aromatic nitrogens is 4. The van der Waals surface area contributed by atoms with Crippen molar-refractivity contribution in [3.8, 4) is 11.5 Å². The molecule has 3 rings (SSSR count). The highest BCUT2D eigenvalue weighted by Crippen LogP contribution is 2.26. The summed E-state index contributed by atoms with van der Waals surface area (Å²) >= 11 is 6.25. The normalized spacial score (nSPS) is 11.8. The van der Waals surface area contributed by atoms with Gasteiger partial charge in [-0.1, -0.05) is 35.9 Å². The molecule has 1 amide bonds. The number of hydrogen-bond donors (Lipinski definition) is 3. The quantitative estimate of drug-likeness (QED) is 0.517. The number of nitrogens with one attached hydrogen (secondary N) is 1. The molecule has 3 aromatic rings. The molecule has 9 nitrogen and oxygen atoms in total. The highest BCUT2D eigenvalue weighted by Gasteiger charge is 2.20. The van der Waals surface area contributed by atoms with Crippen LogP contribution in [0.4, 0.5) is 4.79 Å². The molecule has 0 bridgehead atoms. The third kappa shape index (κ3) is 4.89. The number of phenols is 2. The number of phenolic OH excluding ortho intramolecular Hbond substituents is 2. The Balaban J connectivity index is 1.55. The molecule has 1 heterocycles. The molecule has 146 valence electrons. The second-order valence-corrected chi connectivity index (χ2v) is 6.33. The van der Waals surface area contributed by atoms with E-state index in [2.05, 4.69) is 20.8 Å². The average molecular weight is 404 g/mol. The SMILES string of the molecule is O=C(NCCc1ccc(O)c(O)c1)OCC(c1ccccc1Cl)n1cnnn1. The fourth-order valence-electron chi connectivity index (χ4n) is 2.60. The molecule has 1 atom stereocenters. The Hall–Kier alpha value is -3.33. The Kier molecular flexibility index (Phi) is 6.28. The molecule has 0 radical (unpaired) electrons. The molecule has 0 aliphatic rings. The first kappa shape index (κ1) is 19.4. The second-order valence-electron chi connectivity index (χ2n) is 5.93. The van der Waals surface area contributed by atoms with Gasteiger partial charge in [0.05, 0.1) is 0 Å². The predicted molar refractivity (Wildman–Crippen MR) is 100 cm³/mol. The number of ether oxygens (including phenoxy) is 1. The third-order valence-electron chi connectivity index (χ3n) is 4.04. The van der Waals surface area contributed by atoms with E-state index < -0.39 is 12.1 Å². The molecule has 2 aromatic carbocycles. The highest BCUT2D eigenvalue weighted by atomic mass is 35.5. The van der Waals surface area contributed by atoms with E-state index in [1.807, 2.05) is 12.1 Å². The number of alkyl carbamates (subject to hydrolysis) is 1. The minimum atomic E-state index is -0.604. The zero-order valence-electron chi connectivity index (χ0n) is 14.7. The molecule has 0 saturated heterocycles. The van der Waals surface area contributed by atoms with Crippen LogP contribution in [0.3, 0.4) is 0 Å². The van der Waals surface area contributed by atoms with Gasteiger partial charge in [-0.2, -0.15) is 0 Å². The Morgan fingerprint density at radius 1 is 1.21 bits per heavy atom. The summed E-state index contributed by atoms with van der Waals surface area (Å²) in [7, 11) is 0. The van der Waals surface area contributed by atoms with Gasteiger partial charge in [-0.15, -0.1) is 5.10 Å². The summed E-state index contributed by atoms with van der Waals surface area (Å²) in [5.74, 6) is -0.395. The van der Waals surface area contributed by atoms with E-state index in [1.54, 1.807) is 18.2 Å². The van der Waals surface area contributed by atoms with Crippen LogP contribution < -0.4 is 5.32 Å². The zero-order chi connectivity index (χ0) is 19.9. The maximum atomic E-state index is 12.0. The van der Waals surface area contributed by atoms with Crippen molar-refractivity contribution in [2.24, 2.45) is 0 Å². The number of halogens is 1. The first-order valence-electron chi connectivity index (χ1n) is 8.43. The maximum Gasteiger partial charge on any atom is 0.407 e. The van der Waals surface area contributed by atoms with E-state index in [4.69, 9.17) is 16.3 Å². The van der Waals surface area contributed by atoms with Crippen LogP contribution in [-0.4, -0.2) is 49.7 Å². The number of nitrogens with zero attached hydrogens (tertiary/aromatic N) is 4. The smallest absolute Gasteiger partial charge is 0.407 e. The summed E-state index contributed by atoms with van der Waals surface area (Å²) in [4.78, 5) is 12.0. The number of benzene rings is 2. The number of aromatic hydroxyl groups is 2. The highest BCUT2D eigenvalue weighted by molar-refractivity contribution is 6.31. The van der Waals surface area contributed by atoms with Gasteiger partial charge in [0.25, 0.3) is 0 Å². The van der Waals surface area contributed by atoms with Crippen LogP contribution >= 0.6 is 11.6 Å². The van der Waals surface area contributed by atoms with Gasteiger partial charge in [0.2, 0.25) is 0 Å². The topological polar surface area (TPSA) is 122 Å². The van der Waals surface area contributed by atoms with Gasteiger partial charge in [-0.3, -0.25) is 0 Å². The van der Waals surface area contributed by atoms with Gasteiger partial charge in [-0.05, 0) is 46.2 Å². The van der Waals surface area contributed by atoms with Crippen LogP contribution in [-0.2, 0) is 11.2 Å². The molecule has 0 spiro atoms. The lowest BCUT2D eigenvalue weighted by atomic mass is 10.1. The maximum absolute atomic E-state index is 12.0. The van der Waals surface area contributed by atoms with Gasteiger partial charge in [0, 0.05) is 11.6 Å². The molecule has 1 aromatic heterocycles. The van der Waals surface area contributed by atoms with Gasteiger partial charge >= 0.3 is 6.09 Å². The van der Waals surface area contributed by atoms with E-state index in [0.717, 1.165) is 11.1 Å². The van der Waals surface area contributed by atoms with E-state index in [9.17, 15) is 15.0 Å². The standard InChI is InChI=1S/C18H18ClN5O4/c19-14-4-2-1-3-13(14)15(24-11-21-22-23-24)10-28-18(27)20-8-7-12-5-6-16(25)17(26)9-12/h1-6,9,11,15,25-26H,7-8,10H2,(H,20,27). The first-order valence-corrected chi connectivity index (χ1v) is 8.81. The van der Waals surface area contributed by atoms with Gasteiger partial charge < -0.3 is 20.3 Å². The van der Waals surface area contributed by atoms with Gasteiger partial charge in [0.15, 0.2) is 11.5 Å². The summed E-state index contributed by atoms with van der Waals surface area (Å²) in [5, 5.41) is 33.0. The molecule has 3 N–H and O–H groups in total. The van der Waals surface area contributed by atoms with Crippen molar-refractivity contribution in [3.63, 3.8) is 0 Å². The summed E-state index contributed by atoms with van der Waals surface area (Å²) < 4.78 is 6.77. The predicted octanol–water partition coefficient (Wildman–Crippen LogP) is 2.30. The lowest BCUT2D eigenvalue weighted by molar-refractivity contribution is 0.132. The van der Waals surface area contributed by atoms with Crippen LogP contribution in [0.1, 0.15) is 17.2 Å². The third-order valence-corrected chi connectivity index (χ3v) is 4.39. The molecule has 10 heteroatoms. The molecule has 1 unspecified atom stereocenters. The van der Waals surface area contributed by atoms with Crippen LogP contribution in [0.15, 0.2) is 48.8 Å². The van der Waals surface area contributed by atoms with Crippen molar-refractivity contribution in [3.05, 3.63) is 64.9 Å². The Morgan fingerprint density at radius 2 is 2.04 bits per heavy atom. The van der Waals surface area contributed by atoms with E-state index in [0.29, 0.717) is 18.0 Å². The number of amides is 1. The Bertz CT molecular complexity index is 935. The molecule has 0 aliphatic carbocycles. The van der Waals surface area contributed by atoms with Crippen molar-refractivity contribution in [1.82, 2.24) is 25.5 Å². The van der Waals surface area contributed by atoms with Crippen LogP contribution in [0.5, 0.6) is 11.5 Å². The fraction of sp³-hybridized carbons (Fsp3) is 0.222. The van der Waals surface area contributed by atoms with E-state index >= 15 is 0 Å². The van der Waals surface area contributed by atoms with Crippen molar-refractivity contribution in [1.29, 1.82) is 0 Å². The Morgan fingerprint density at radius 3 is 2.75 bits per heavy atom. The van der Waals surface area contributed by atoms with Gasteiger partial charge in [-0.25, -0.2) is 9.48 Å². The lowest BCUT2D eigenvalue weighted by Crippen LogP contribution is -2.29. The fourth-order valence-corrected chi connectivity index (χ4v) is 2.87.